The highest BCUT2D eigenvalue weighted by Gasteiger charge is 2.20. The third-order valence-electron chi connectivity index (χ3n) is 3.08. The van der Waals surface area contributed by atoms with E-state index < -0.39 is 0 Å². The van der Waals surface area contributed by atoms with E-state index in [9.17, 15) is 0 Å². The Morgan fingerprint density at radius 1 is 1.13 bits per heavy atom. The van der Waals surface area contributed by atoms with Crippen LogP contribution in [0.1, 0.15) is 57.6 Å². The molecule has 1 aromatic carbocycles. The molecule has 84 valence electrons. The van der Waals surface area contributed by atoms with Crippen LogP contribution in [-0.4, -0.2) is 0 Å². The van der Waals surface area contributed by atoms with Crippen molar-refractivity contribution >= 4 is 0 Å². The fourth-order valence-corrected chi connectivity index (χ4v) is 2.17. The molecule has 0 aliphatic carbocycles. The second-order valence-electron chi connectivity index (χ2n) is 4.82. The van der Waals surface area contributed by atoms with Gasteiger partial charge in [0.05, 0.1) is 0 Å². The average molecular weight is 205 g/mol. The third-order valence-corrected chi connectivity index (χ3v) is 3.08. The lowest BCUT2D eigenvalue weighted by molar-refractivity contribution is 0.530. The minimum absolute atomic E-state index is 0.237. The van der Waals surface area contributed by atoms with E-state index in [1.807, 2.05) is 0 Å². The molecule has 0 saturated heterocycles. The summed E-state index contributed by atoms with van der Waals surface area (Å²) in [6, 6.07) is 8.58. The largest absolute Gasteiger partial charge is 0.322 e. The van der Waals surface area contributed by atoms with Crippen LogP contribution in [0, 0.1) is 0 Å². The average Bonchev–Trinajstić information content (AvgIpc) is 2.19. The lowest BCUT2D eigenvalue weighted by atomic mass is 9.83. The Kier molecular flexibility index (Phi) is 3.92. The maximum atomic E-state index is 6.20. The molecule has 0 fully saturated rings. The molecule has 0 unspecified atom stereocenters. The topological polar surface area (TPSA) is 26.0 Å². The van der Waals surface area contributed by atoms with Crippen LogP contribution in [-0.2, 0) is 5.54 Å². The molecule has 1 nitrogen and oxygen atoms in total. The van der Waals surface area contributed by atoms with Crippen molar-refractivity contribution in [3.63, 3.8) is 0 Å². The molecule has 0 aromatic heterocycles. The number of nitrogens with two attached hydrogens (primary N) is 1. The Hall–Kier alpha value is -0.820. The molecule has 0 atom stereocenters. The van der Waals surface area contributed by atoms with Gasteiger partial charge in [0.15, 0.2) is 0 Å². The highest BCUT2D eigenvalue weighted by atomic mass is 14.7. The second-order valence-corrected chi connectivity index (χ2v) is 4.82. The fraction of sp³-hybridized carbons (Fsp3) is 0.571. The predicted molar refractivity (Wildman–Crippen MR) is 67.0 cm³/mol. The van der Waals surface area contributed by atoms with Crippen LogP contribution < -0.4 is 5.73 Å². The van der Waals surface area contributed by atoms with Gasteiger partial charge < -0.3 is 5.73 Å². The van der Waals surface area contributed by atoms with Crippen LogP contribution in [0.3, 0.4) is 0 Å². The predicted octanol–water partition coefficient (Wildman–Crippen LogP) is 3.78. The maximum Gasteiger partial charge on any atom is 0.0355 e. The van der Waals surface area contributed by atoms with Crippen LogP contribution >= 0.6 is 0 Å². The van der Waals surface area contributed by atoms with Crippen LogP contribution in [0.5, 0.6) is 0 Å². The highest BCUT2D eigenvalue weighted by Crippen LogP contribution is 2.31. The van der Waals surface area contributed by atoms with Crippen molar-refractivity contribution in [2.45, 2.75) is 52.0 Å². The number of benzene rings is 1. The molecule has 15 heavy (non-hydrogen) atoms. The summed E-state index contributed by atoms with van der Waals surface area (Å²) in [6.07, 6.45) is 2.37. The SMILES string of the molecule is CCC(CC)c1ccccc1C(C)(C)N. The normalized spacial score (nSPS) is 12.1. The monoisotopic (exact) mass is 205 g/mol. The van der Waals surface area contributed by atoms with E-state index in [1.165, 1.54) is 24.0 Å². The molecule has 1 heteroatoms. The molecule has 0 aliphatic rings. The molecule has 0 radical (unpaired) electrons. The molecular formula is C14H23N. The first kappa shape index (κ1) is 12.3. The molecule has 0 heterocycles. The Balaban J connectivity index is 3.17. The van der Waals surface area contributed by atoms with Gasteiger partial charge in [0.25, 0.3) is 0 Å². The number of rotatable bonds is 4. The lowest BCUT2D eigenvalue weighted by Gasteiger charge is -2.26. The van der Waals surface area contributed by atoms with Crippen molar-refractivity contribution in [3.8, 4) is 0 Å². The van der Waals surface area contributed by atoms with Gasteiger partial charge in [-0.3, -0.25) is 0 Å². The van der Waals surface area contributed by atoms with E-state index in [1.54, 1.807) is 0 Å². The maximum absolute atomic E-state index is 6.20. The first-order valence-electron chi connectivity index (χ1n) is 5.89. The van der Waals surface area contributed by atoms with Crippen molar-refractivity contribution < 1.29 is 0 Å². The Morgan fingerprint density at radius 3 is 2.13 bits per heavy atom. The summed E-state index contributed by atoms with van der Waals surface area (Å²) in [5.41, 5.74) is 8.68. The summed E-state index contributed by atoms with van der Waals surface area (Å²) in [4.78, 5) is 0. The van der Waals surface area contributed by atoms with Crippen LogP contribution in [0.2, 0.25) is 0 Å². The van der Waals surface area contributed by atoms with Crippen molar-refractivity contribution in [2.24, 2.45) is 5.73 Å². The third kappa shape index (κ3) is 2.82. The van der Waals surface area contributed by atoms with E-state index in [-0.39, 0.29) is 5.54 Å². The van der Waals surface area contributed by atoms with Crippen LogP contribution in [0.4, 0.5) is 0 Å². The second kappa shape index (κ2) is 4.80. The fourth-order valence-electron chi connectivity index (χ4n) is 2.17. The molecule has 0 spiro atoms. The molecule has 0 bridgehead atoms. The van der Waals surface area contributed by atoms with Gasteiger partial charge in [-0.2, -0.15) is 0 Å². The summed E-state index contributed by atoms with van der Waals surface area (Å²) < 4.78 is 0. The Labute approximate surface area is 93.7 Å². The van der Waals surface area contributed by atoms with E-state index in [4.69, 9.17) is 5.73 Å². The minimum Gasteiger partial charge on any atom is -0.322 e. The molecule has 0 aliphatic heterocycles. The number of hydrogen-bond acceptors (Lipinski definition) is 1. The molecule has 2 N–H and O–H groups in total. The van der Waals surface area contributed by atoms with Gasteiger partial charge in [0, 0.05) is 5.54 Å². The molecular weight excluding hydrogens is 182 g/mol. The Morgan fingerprint density at radius 2 is 1.67 bits per heavy atom. The summed E-state index contributed by atoms with van der Waals surface area (Å²) in [5.74, 6) is 0.643. The molecule has 0 amide bonds. The van der Waals surface area contributed by atoms with E-state index in [2.05, 4.69) is 52.0 Å². The highest BCUT2D eigenvalue weighted by molar-refractivity contribution is 5.35. The van der Waals surface area contributed by atoms with E-state index >= 15 is 0 Å². The van der Waals surface area contributed by atoms with Gasteiger partial charge in [-0.15, -0.1) is 0 Å². The van der Waals surface area contributed by atoms with E-state index in [0.717, 1.165) is 0 Å². The summed E-state index contributed by atoms with van der Waals surface area (Å²) in [7, 11) is 0. The summed E-state index contributed by atoms with van der Waals surface area (Å²) in [6.45, 7) is 8.64. The summed E-state index contributed by atoms with van der Waals surface area (Å²) >= 11 is 0. The molecule has 1 rings (SSSR count). The molecule has 1 aromatic rings. The van der Waals surface area contributed by atoms with Gasteiger partial charge in [-0.1, -0.05) is 38.1 Å². The summed E-state index contributed by atoms with van der Waals surface area (Å²) in [5, 5.41) is 0. The van der Waals surface area contributed by atoms with Crippen molar-refractivity contribution in [2.75, 3.05) is 0 Å². The van der Waals surface area contributed by atoms with E-state index in [0.29, 0.717) is 5.92 Å². The van der Waals surface area contributed by atoms with Crippen LogP contribution in [0.15, 0.2) is 24.3 Å². The van der Waals surface area contributed by atoms with Gasteiger partial charge in [0.2, 0.25) is 0 Å². The van der Waals surface area contributed by atoms with Gasteiger partial charge >= 0.3 is 0 Å². The quantitative estimate of drug-likeness (QED) is 0.795. The lowest BCUT2D eigenvalue weighted by Crippen LogP contribution is -2.30. The zero-order valence-electron chi connectivity index (χ0n) is 10.4. The van der Waals surface area contributed by atoms with Crippen LogP contribution in [0.25, 0.3) is 0 Å². The van der Waals surface area contributed by atoms with Gasteiger partial charge in [-0.25, -0.2) is 0 Å². The van der Waals surface area contributed by atoms with Crippen molar-refractivity contribution in [1.29, 1.82) is 0 Å². The smallest absolute Gasteiger partial charge is 0.0355 e. The van der Waals surface area contributed by atoms with Crippen molar-refractivity contribution in [3.05, 3.63) is 35.4 Å². The zero-order chi connectivity index (χ0) is 11.5. The van der Waals surface area contributed by atoms with Gasteiger partial charge in [-0.05, 0) is 43.7 Å². The Bertz CT molecular complexity index is 305. The zero-order valence-corrected chi connectivity index (χ0v) is 10.4. The molecule has 0 saturated carbocycles. The minimum atomic E-state index is -0.237. The van der Waals surface area contributed by atoms with Crippen molar-refractivity contribution in [1.82, 2.24) is 0 Å². The standard InChI is InChI=1S/C14H23N/c1-5-11(6-2)12-9-7-8-10-13(12)14(3,4)15/h7-11H,5-6,15H2,1-4H3. The van der Waals surface area contributed by atoms with Gasteiger partial charge in [0.1, 0.15) is 0 Å². The first-order valence-corrected chi connectivity index (χ1v) is 5.89. The first-order chi connectivity index (χ1) is 7.00. The number of hydrogen-bond donors (Lipinski definition) is 1.